The van der Waals surface area contributed by atoms with E-state index in [9.17, 15) is 13.5 Å². The molecule has 0 saturated heterocycles. The van der Waals surface area contributed by atoms with Gasteiger partial charge in [0, 0.05) is 12.7 Å². The zero-order chi connectivity index (χ0) is 13.3. The Bertz CT molecular complexity index is 513. The van der Waals surface area contributed by atoms with Gasteiger partial charge in [0.05, 0.1) is 10.1 Å². The van der Waals surface area contributed by atoms with Crippen molar-refractivity contribution in [3.8, 4) is 0 Å². The van der Waals surface area contributed by atoms with Crippen LogP contribution in [0.5, 0.6) is 0 Å². The van der Waals surface area contributed by atoms with Gasteiger partial charge in [0.25, 0.3) is 0 Å². The van der Waals surface area contributed by atoms with E-state index in [0.717, 1.165) is 0 Å². The first kappa shape index (κ1) is 15.3. The lowest BCUT2D eigenvalue weighted by atomic mass is 10.1. The largest absolute Gasteiger partial charge is 0.389 e. The minimum absolute atomic E-state index is 0.0566. The molecule has 0 aliphatic rings. The molecule has 0 aliphatic carbocycles. The molecule has 8 heteroatoms. The molecule has 96 valence electrons. The van der Waals surface area contributed by atoms with Gasteiger partial charge in [0.1, 0.15) is 8.60 Å². The average Bonchev–Trinajstić information content (AvgIpc) is 2.18. The topological polar surface area (TPSA) is 79.3 Å². The Kier molecular flexibility index (Phi) is 4.92. The van der Waals surface area contributed by atoms with Crippen LogP contribution < -0.4 is 4.72 Å². The number of hydrogen-bond acceptors (Lipinski definition) is 4. The lowest BCUT2D eigenvalue weighted by Crippen LogP contribution is -2.38. The quantitative estimate of drug-likeness (QED) is 0.556. The molecule has 0 unspecified atom stereocenters. The maximum absolute atomic E-state index is 11.9. The average molecular weight is 435 g/mol. The van der Waals surface area contributed by atoms with E-state index in [2.05, 4.69) is 25.6 Å². The van der Waals surface area contributed by atoms with Crippen LogP contribution in [0.15, 0.2) is 21.6 Å². The monoisotopic (exact) mass is 434 g/mol. The molecule has 0 atom stereocenters. The molecule has 1 aromatic heterocycles. The number of aliphatic hydroxyl groups is 1. The van der Waals surface area contributed by atoms with Gasteiger partial charge in [-0.1, -0.05) is 0 Å². The Labute approximate surface area is 122 Å². The van der Waals surface area contributed by atoms with Crippen LogP contribution >= 0.6 is 38.5 Å². The van der Waals surface area contributed by atoms with Gasteiger partial charge in [-0.15, -0.1) is 0 Å². The van der Waals surface area contributed by atoms with E-state index < -0.39 is 15.6 Å². The van der Waals surface area contributed by atoms with E-state index in [1.165, 1.54) is 26.1 Å². The smallest absolute Gasteiger partial charge is 0.242 e. The summed E-state index contributed by atoms with van der Waals surface area (Å²) in [7, 11) is -3.64. The first-order valence-corrected chi connectivity index (χ1v) is 8.00. The first-order valence-electron chi connectivity index (χ1n) is 4.65. The SMILES string of the molecule is CC(C)(O)CNS(=O)(=O)c1cnc(I)c(Br)c1. The third-order valence-corrected chi connectivity index (χ3v) is 5.35. The molecule has 0 aromatic carbocycles. The summed E-state index contributed by atoms with van der Waals surface area (Å²) in [4.78, 5) is 4.01. The summed E-state index contributed by atoms with van der Waals surface area (Å²) in [5, 5.41) is 9.47. The van der Waals surface area contributed by atoms with Crippen molar-refractivity contribution in [2.75, 3.05) is 6.54 Å². The molecular formula is C9H12BrIN2O3S. The van der Waals surface area contributed by atoms with Crippen LogP contribution in [0.3, 0.4) is 0 Å². The van der Waals surface area contributed by atoms with Crippen LogP contribution in [0.2, 0.25) is 0 Å². The number of aromatic nitrogens is 1. The Balaban J connectivity index is 2.94. The first-order chi connectivity index (χ1) is 7.62. The number of halogens is 2. The second-order valence-corrected chi connectivity index (χ2v) is 7.72. The number of hydrogen-bond donors (Lipinski definition) is 2. The van der Waals surface area contributed by atoms with Gasteiger partial charge in [-0.05, 0) is 58.4 Å². The van der Waals surface area contributed by atoms with Crippen LogP contribution in [0.25, 0.3) is 0 Å². The third-order valence-electron chi connectivity index (χ3n) is 1.78. The molecule has 1 aromatic rings. The van der Waals surface area contributed by atoms with Crippen LogP contribution in [-0.2, 0) is 10.0 Å². The van der Waals surface area contributed by atoms with Gasteiger partial charge >= 0.3 is 0 Å². The molecule has 0 amide bonds. The van der Waals surface area contributed by atoms with Crippen LogP contribution in [0.1, 0.15) is 13.8 Å². The standard InChI is InChI=1S/C9H12BrIN2O3S/c1-9(2,14)5-13-17(15,16)6-3-7(10)8(11)12-4-6/h3-4,13-14H,5H2,1-2H3. The summed E-state index contributed by atoms with van der Waals surface area (Å²) < 4.78 is 27.3. The summed E-state index contributed by atoms with van der Waals surface area (Å²) in [6.07, 6.45) is 1.28. The lowest BCUT2D eigenvalue weighted by molar-refractivity contribution is 0.0857. The molecule has 0 saturated carbocycles. The van der Waals surface area contributed by atoms with Crippen molar-refractivity contribution in [1.29, 1.82) is 0 Å². The van der Waals surface area contributed by atoms with E-state index in [-0.39, 0.29) is 11.4 Å². The fourth-order valence-corrected chi connectivity index (χ4v) is 2.88. The summed E-state index contributed by atoms with van der Waals surface area (Å²) in [6, 6.07) is 1.47. The van der Waals surface area contributed by atoms with Gasteiger partial charge in [-0.3, -0.25) is 0 Å². The van der Waals surface area contributed by atoms with Gasteiger partial charge in [0.2, 0.25) is 10.0 Å². The predicted molar refractivity (Wildman–Crippen MR) is 76.1 cm³/mol. The molecule has 1 heterocycles. The normalized spacial score (nSPS) is 12.8. The Morgan fingerprint density at radius 3 is 2.65 bits per heavy atom. The molecule has 1 rings (SSSR count). The van der Waals surface area contributed by atoms with Crippen LogP contribution in [0, 0.1) is 3.70 Å². The highest BCUT2D eigenvalue weighted by molar-refractivity contribution is 14.1. The third kappa shape index (κ3) is 4.78. The summed E-state index contributed by atoms with van der Waals surface area (Å²) >= 11 is 5.21. The molecule has 0 spiro atoms. The van der Waals surface area contributed by atoms with E-state index in [1.807, 2.05) is 22.6 Å². The van der Waals surface area contributed by atoms with E-state index in [4.69, 9.17) is 0 Å². The highest BCUT2D eigenvalue weighted by Gasteiger charge is 2.20. The van der Waals surface area contributed by atoms with Gasteiger partial charge in [-0.2, -0.15) is 0 Å². The summed E-state index contributed by atoms with van der Waals surface area (Å²) in [5.74, 6) is 0. The second kappa shape index (κ2) is 5.47. The Hall–Kier alpha value is 0.230. The van der Waals surface area contributed by atoms with Crippen molar-refractivity contribution in [2.24, 2.45) is 0 Å². The van der Waals surface area contributed by atoms with Crippen molar-refractivity contribution in [3.05, 3.63) is 20.4 Å². The van der Waals surface area contributed by atoms with Crippen LogP contribution in [0.4, 0.5) is 0 Å². The minimum Gasteiger partial charge on any atom is -0.389 e. The molecular weight excluding hydrogens is 423 g/mol. The fraction of sp³-hybridized carbons (Fsp3) is 0.444. The number of rotatable bonds is 4. The second-order valence-electron chi connectivity index (χ2n) is 4.08. The minimum atomic E-state index is -3.64. The summed E-state index contributed by atoms with van der Waals surface area (Å²) in [6.45, 7) is 2.99. The Morgan fingerprint density at radius 1 is 1.59 bits per heavy atom. The van der Waals surface area contributed by atoms with Gasteiger partial charge < -0.3 is 5.11 Å². The Morgan fingerprint density at radius 2 is 2.18 bits per heavy atom. The van der Waals surface area contributed by atoms with E-state index in [1.54, 1.807) is 0 Å². The number of sulfonamides is 1. The molecule has 0 bridgehead atoms. The van der Waals surface area contributed by atoms with Gasteiger partial charge in [-0.25, -0.2) is 18.1 Å². The molecule has 2 N–H and O–H groups in total. The van der Waals surface area contributed by atoms with Crippen LogP contribution in [-0.4, -0.2) is 30.7 Å². The van der Waals surface area contributed by atoms with E-state index >= 15 is 0 Å². The highest BCUT2D eigenvalue weighted by Crippen LogP contribution is 2.20. The number of nitrogens with zero attached hydrogens (tertiary/aromatic N) is 1. The zero-order valence-corrected chi connectivity index (χ0v) is 13.8. The zero-order valence-electron chi connectivity index (χ0n) is 9.24. The van der Waals surface area contributed by atoms with Crippen molar-refractivity contribution in [2.45, 2.75) is 24.3 Å². The lowest BCUT2D eigenvalue weighted by Gasteiger charge is -2.17. The van der Waals surface area contributed by atoms with Crippen molar-refractivity contribution < 1.29 is 13.5 Å². The number of nitrogens with one attached hydrogen (secondary N) is 1. The molecule has 0 fully saturated rings. The molecule has 5 nitrogen and oxygen atoms in total. The van der Waals surface area contributed by atoms with Crippen molar-refractivity contribution in [1.82, 2.24) is 9.71 Å². The van der Waals surface area contributed by atoms with Crippen molar-refractivity contribution >= 4 is 48.5 Å². The maximum atomic E-state index is 11.9. The highest BCUT2D eigenvalue weighted by atomic mass is 127. The summed E-state index contributed by atoms with van der Waals surface area (Å²) in [5.41, 5.74) is -1.10. The fourth-order valence-electron chi connectivity index (χ4n) is 0.906. The molecule has 17 heavy (non-hydrogen) atoms. The molecule has 0 radical (unpaired) electrons. The van der Waals surface area contributed by atoms with E-state index in [0.29, 0.717) is 8.17 Å². The van der Waals surface area contributed by atoms with Crippen molar-refractivity contribution in [3.63, 3.8) is 0 Å². The van der Waals surface area contributed by atoms with Gasteiger partial charge in [0.15, 0.2) is 0 Å². The maximum Gasteiger partial charge on any atom is 0.242 e. The number of pyridine rings is 1. The predicted octanol–water partition coefficient (Wildman–Crippen LogP) is 1.50. The molecule has 0 aliphatic heterocycles.